The molecule has 0 N–H and O–H groups in total. The molecule has 0 amide bonds. The van der Waals surface area contributed by atoms with Gasteiger partial charge < -0.3 is 24.8 Å². The maximum atomic E-state index is 2.39. The summed E-state index contributed by atoms with van der Waals surface area (Å²) in [5, 5.41) is 0. The first-order valence-electron chi connectivity index (χ1n) is 3.91. The van der Waals surface area contributed by atoms with Crippen LogP contribution in [-0.2, 0) is 24.7 Å². The number of hydrogen-bond acceptors (Lipinski definition) is 0. The number of halogens is 2. The van der Waals surface area contributed by atoms with Gasteiger partial charge in [0.1, 0.15) is 0 Å². The van der Waals surface area contributed by atoms with Crippen molar-refractivity contribution in [3.63, 3.8) is 0 Å². The summed E-state index contributed by atoms with van der Waals surface area (Å²) in [6.45, 7) is 4.50. The van der Waals surface area contributed by atoms with Gasteiger partial charge in [-0.3, -0.25) is 0 Å². The molecule has 1 rings (SSSR count). The van der Waals surface area contributed by atoms with Crippen LogP contribution in [0.5, 0.6) is 0 Å². The van der Waals surface area contributed by atoms with Gasteiger partial charge in [0.2, 0.25) is 0 Å². The first-order valence-corrected chi connectivity index (χ1v) is 5.13. The summed E-state index contributed by atoms with van der Waals surface area (Å²) in [5.41, 5.74) is 3.28. The van der Waals surface area contributed by atoms with E-state index in [4.69, 9.17) is 0 Å². The van der Waals surface area contributed by atoms with Crippen molar-refractivity contribution in [2.24, 2.45) is 0 Å². The third-order valence-corrected chi connectivity index (χ3v) is 2.80. The van der Waals surface area contributed by atoms with Gasteiger partial charge in [-0.1, -0.05) is 0 Å². The Kier molecular flexibility index (Phi) is 9.45. The molecule has 0 nitrogen and oxygen atoms in total. The van der Waals surface area contributed by atoms with E-state index < -0.39 is 0 Å². The zero-order valence-corrected chi connectivity index (χ0v) is 11.4. The molecule has 0 aromatic heterocycles. The maximum absolute atomic E-state index is 2.39. The molecular weight excluding hydrogens is 270 g/mol. The van der Waals surface area contributed by atoms with E-state index in [0.29, 0.717) is 0 Å². The zero-order valence-electron chi connectivity index (χ0n) is 7.45. The summed E-state index contributed by atoms with van der Waals surface area (Å²) in [7, 11) is 0. The number of rotatable bonds is 2. The van der Waals surface area contributed by atoms with Crippen molar-refractivity contribution in [2.75, 3.05) is 0 Å². The first-order chi connectivity index (χ1) is 4.77. The Morgan fingerprint density at radius 3 is 2.17 bits per heavy atom. The van der Waals surface area contributed by atoms with Crippen molar-refractivity contribution in [3.05, 3.63) is 20.5 Å². The predicted octanol–water partition coefficient (Wildman–Crippen LogP) is -3.05. The Morgan fingerprint density at radius 2 is 1.83 bits per heavy atom. The van der Waals surface area contributed by atoms with Crippen LogP contribution in [-0.4, -0.2) is 0 Å². The minimum absolute atomic E-state index is 0. The molecule has 0 atom stereocenters. The molecule has 0 radical (unpaired) electrons. The average molecular weight is 283 g/mol. The molecule has 0 unspecified atom stereocenters. The molecule has 67 valence electrons. The van der Waals surface area contributed by atoms with Gasteiger partial charge in [0.05, 0.1) is 0 Å². The van der Waals surface area contributed by atoms with E-state index in [9.17, 15) is 0 Å². The van der Waals surface area contributed by atoms with Crippen LogP contribution in [0.1, 0.15) is 33.1 Å². The van der Waals surface area contributed by atoms with Crippen LogP contribution in [0.3, 0.4) is 0 Å². The van der Waals surface area contributed by atoms with Gasteiger partial charge in [0.15, 0.2) is 0 Å². The average Bonchev–Trinajstić information content (AvgIpc) is 2.30. The van der Waals surface area contributed by atoms with E-state index in [1.807, 2.05) is 0 Å². The fraction of sp³-hybridized carbons (Fsp3) is 0.556. The molecule has 0 spiro atoms. The Balaban J connectivity index is 0. The molecule has 0 fully saturated rings. The van der Waals surface area contributed by atoms with E-state index in [2.05, 4.69) is 19.9 Å². The van der Waals surface area contributed by atoms with Crippen molar-refractivity contribution in [2.45, 2.75) is 33.1 Å². The number of hydrogen-bond donors (Lipinski definition) is 0. The SMILES string of the molecule is CCC1=C(CC)C[C]([Zr+2])=C1.[Cl-].[Cl-]. The van der Waals surface area contributed by atoms with Gasteiger partial charge in [0.25, 0.3) is 0 Å². The van der Waals surface area contributed by atoms with Gasteiger partial charge in [0, 0.05) is 0 Å². The summed E-state index contributed by atoms with van der Waals surface area (Å²) in [4.78, 5) is 0. The first kappa shape index (κ1) is 15.4. The second kappa shape index (κ2) is 7.36. The van der Waals surface area contributed by atoms with Crippen LogP contribution in [0.2, 0.25) is 0 Å². The Labute approximate surface area is 103 Å². The maximum Gasteiger partial charge on any atom is -1.00 e. The van der Waals surface area contributed by atoms with Crippen molar-refractivity contribution < 1.29 is 49.5 Å². The molecule has 0 saturated carbocycles. The van der Waals surface area contributed by atoms with Crippen molar-refractivity contribution in [1.82, 2.24) is 0 Å². The van der Waals surface area contributed by atoms with E-state index in [-0.39, 0.29) is 24.8 Å². The van der Waals surface area contributed by atoms with Crippen LogP contribution >= 0.6 is 0 Å². The third-order valence-electron chi connectivity index (χ3n) is 2.01. The molecule has 0 aromatic rings. The molecule has 1 aliphatic carbocycles. The molecule has 12 heavy (non-hydrogen) atoms. The predicted molar refractivity (Wildman–Crippen MR) is 40.3 cm³/mol. The molecular formula is C9H13Cl2Zr. The molecule has 0 heterocycles. The quantitative estimate of drug-likeness (QED) is 0.505. The van der Waals surface area contributed by atoms with Gasteiger partial charge in [-0.05, 0) is 0 Å². The summed E-state index contributed by atoms with van der Waals surface area (Å²) in [6.07, 6.45) is 6.13. The fourth-order valence-corrected chi connectivity index (χ4v) is 2.36. The zero-order chi connectivity index (χ0) is 7.56. The summed E-state index contributed by atoms with van der Waals surface area (Å²) in [6, 6.07) is 0. The van der Waals surface area contributed by atoms with Crippen LogP contribution in [0, 0.1) is 0 Å². The monoisotopic (exact) mass is 281 g/mol. The Hall–Kier alpha value is 0.943. The molecule has 1 aliphatic rings. The minimum Gasteiger partial charge on any atom is -1.00 e. The van der Waals surface area contributed by atoms with E-state index >= 15 is 0 Å². The second-order valence-corrected chi connectivity index (χ2v) is 4.26. The molecule has 0 aromatic carbocycles. The van der Waals surface area contributed by atoms with Gasteiger partial charge >= 0.3 is 78.3 Å². The Morgan fingerprint density at radius 1 is 1.25 bits per heavy atom. The van der Waals surface area contributed by atoms with Crippen molar-refractivity contribution >= 4 is 0 Å². The molecule has 0 bridgehead atoms. The van der Waals surface area contributed by atoms with Crippen LogP contribution in [0.15, 0.2) is 20.5 Å². The van der Waals surface area contributed by atoms with Crippen molar-refractivity contribution in [1.29, 1.82) is 0 Å². The van der Waals surface area contributed by atoms with Crippen LogP contribution in [0.4, 0.5) is 0 Å². The third kappa shape index (κ3) is 3.77. The van der Waals surface area contributed by atoms with Crippen molar-refractivity contribution in [3.8, 4) is 0 Å². The van der Waals surface area contributed by atoms with E-state index in [1.165, 1.54) is 19.3 Å². The normalized spacial score (nSPS) is 15.2. The van der Waals surface area contributed by atoms with Crippen LogP contribution in [0.25, 0.3) is 0 Å². The summed E-state index contributed by atoms with van der Waals surface area (Å²) in [5.74, 6) is 0. The van der Waals surface area contributed by atoms with Gasteiger partial charge in [-0.2, -0.15) is 0 Å². The Bertz CT molecular complexity index is 195. The fourth-order valence-electron chi connectivity index (χ4n) is 1.41. The molecule has 0 aliphatic heterocycles. The standard InChI is InChI=1S/C9H13.2ClH.Zr/c1-3-8-6-5-7-9(8)4-2;;;/h6H,3-4,7H2,1-2H3;2*1H;/q;;;+2/p-2. The van der Waals surface area contributed by atoms with Gasteiger partial charge in [-0.25, -0.2) is 0 Å². The minimum atomic E-state index is 0. The van der Waals surface area contributed by atoms with Crippen LogP contribution < -0.4 is 24.8 Å². The largest absolute Gasteiger partial charge is 1.00 e. The van der Waals surface area contributed by atoms with E-state index in [0.717, 1.165) is 0 Å². The van der Waals surface area contributed by atoms with Gasteiger partial charge in [-0.15, -0.1) is 0 Å². The smallest absolute Gasteiger partial charge is 1.00 e. The summed E-state index contributed by atoms with van der Waals surface area (Å²) >= 11 is 1.60. The number of allylic oxidation sites excluding steroid dienone is 4. The summed E-state index contributed by atoms with van der Waals surface area (Å²) < 4.78 is 1.63. The topological polar surface area (TPSA) is 0 Å². The van der Waals surface area contributed by atoms with E-state index in [1.54, 1.807) is 39.1 Å². The molecule has 0 saturated heterocycles. The second-order valence-electron chi connectivity index (χ2n) is 2.68. The molecule has 3 heteroatoms.